The Morgan fingerprint density at radius 2 is 2.12 bits per heavy atom. The van der Waals surface area contributed by atoms with Crippen molar-refractivity contribution in [1.82, 2.24) is 0 Å². The van der Waals surface area contributed by atoms with E-state index in [2.05, 4.69) is 5.32 Å². The number of benzene rings is 1. The van der Waals surface area contributed by atoms with Crippen LogP contribution in [0.15, 0.2) is 30.0 Å². The van der Waals surface area contributed by atoms with Crippen molar-refractivity contribution in [1.29, 1.82) is 10.5 Å². The highest BCUT2D eigenvalue weighted by atomic mass is 35.5. The van der Waals surface area contributed by atoms with Gasteiger partial charge in [0.2, 0.25) is 0 Å². The third kappa shape index (κ3) is 2.91. The first-order chi connectivity index (χ1) is 7.71. The molecule has 0 radical (unpaired) electrons. The topological polar surface area (TPSA) is 68.8 Å². The van der Waals surface area contributed by atoms with Crippen LogP contribution in [-0.2, 0) is 0 Å². The lowest BCUT2D eigenvalue weighted by Crippen LogP contribution is -1.92. The lowest BCUT2D eigenvalue weighted by molar-refractivity contribution is 0.415. The maximum atomic E-state index is 8.54. The van der Waals surface area contributed by atoms with Crippen LogP contribution in [0, 0.1) is 22.7 Å². The molecule has 0 atom stereocenters. The van der Waals surface area contributed by atoms with Gasteiger partial charge in [0.1, 0.15) is 23.5 Å². The molecule has 4 nitrogen and oxygen atoms in total. The maximum absolute atomic E-state index is 8.54. The number of rotatable bonds is 3. The fourth-order valence-electron chi connectivity index (χ4n) is 0.981. The fraction of sp³-hybridized carbons (Fsp3) is 0.0909. The van der Waals surface area contributed by atoms with Gasteiger partial charge in [-0.15, -0.1) is 0 Å². The number of allylic oxidation sites excluding steroid dienone is 1. The Labute approximate surface area is 98.3 Å². The predicted molar refractivity (Wildman–Crippen MR) is 60.9 cm³/mol. The zero-order chi connectivity index (χ0) is 12.0. The summed E-state index contributed by atoms with van der Waals surface area (Å²) in [6.07, 6.45) is 1.29. The molecular formula is C11H8ClN3O. The van der Waals surface area contributed by atoms with E-state index in [-0.39, 0.29) is 5.57 Å². The Kier molecular flexibility index (Phi) is 4.20. The van der Waals surface area contributed by atoms with Crippen molar-refractivity contribution in [3.8, 4) is 17.9 Å². The molecule has 1 N–H and O–H groups in total. The largest absolute Gasteiger partial charge is 0.497 e. The molecule has 0 spiro atoms. The molecule has 0 amide bonds. The van der Waals surface area contributed by atoms with Crippen LogP contribution in [0.2, 0.25) is 5.02 Å². The maximum Gasteiger partial charge on any atom is 0.145 e. The minimum atomic E-state index is -0.0288. The van der Waals surface area contributed by atoms with Crippen molar-refractivity contribution >= 4 is 17.3 Å². The van der Waals surface area contributed by atoms with Crippen LogP contribution >= 0.6 is 11.6 Å². The van der Waals surface area contributed by atoms with Crippen LogP contribution < -0.4 is 10.1 Å². The Morgan fingerprint density at radius 3 is 2.69 bits per heavy atom. The Balaban J connectivity index is 2.94. The summed E-state index contributed by atoms with van der Waals surface area (Å²) in [7, 11) is 1.54. The van der Waals surface area contributed by atoms with Gasteiger partial charge < -0.3 is 10.1 Å². The number of hydrogen-bond acceptors (Lipinski definition) is 4. The molecule has 0 aliphatic rings. The summed E-state index contributed by atoms with van der Waals surface area (Å²) in [5, 5.41) is 20.3. The predicted octanol–water partition coefficient (Wildman–Crippen LogP) is 2.69. The third-order valence-corrected chi connectivity index (χ3v) is 2.12. The summed E-state index contributed by atoms with van der Waals surface area (Å²) in [5.41, 5.74) is 0.544. The summed E-state index contributed by atoms with van der Waals surface area (Å²) >= 11 is 5.91. The first kappa shape index (κ1) is 11.9. The van der Waals surface area contributed by atoms with Crippen molar-refractivity contribution in [3.05, 3.63) is 35.0 Å². The molecule has 1 rings (SSSR count). The molecule has 0 heterocycles. The van der Waals surface area contributed by atoms with Gasteiger partial charge in [-0.3, -0.25) is 0 Å². The molecule has 1 aromatic carbocycles. The first-order valence-corrected chi connectivity index (χ1v) is 4.69. The Bertz CT molecular complexity index is 481. The standard InChI is InChI=1S/C11H8ClN3O/c1-16-9-2-3-10(12)11(4-9)15-7-8(5-13)6-14/h2-4,7,15H,1H3. The fourth-order valence-corrected chi connectivity index (χ4v) is 1.15. The van der Waals surface area contributed by atoms with E-state index in [1.807, 2.05) is 0 Å². The van der Waals surface area contributed by atoms with Gasteiger partial charge in [-0.25, -0.2) is 0 Å². The first-order valence-electron chi connectivity index (χ1n) is 4.31. The minimum absolute atomic E-state index is 0.0288. The molecule has 0 aliphatic carbocycles. The molecule has 0 unspecified atom stereocenters. The average Bonchev–Trinajstić information content (AvgIpc) is 2.32. The highest BCUT2D eigenvalue weighted by molar-refractivity contribution is 6.33. The summed E-state index contributed by atoms with van der Waals surface area (Å²) < 4.78 is 5.02. The molecule has 5 heteroatoms. The van der Waals surface area contributed by atoms with Gasteiger partial charge in [0.05, 0.1) is 17.8 Å². The van der Waals surface area contributed by atoms with Crippen molar-refractivity contribution in [2.24, 2.45) is 0 Å². The highest BCUT2D eigenvalue weighted by Gasteiger charge is 2.01. The van der Waals surface area contributed by atoms with Crippen molar-refractivity contribution in [2.75, 3.05) is 12.4 Å². The number of halogens is 1. The molecular weight excluding hydrogens is 226 g/mol. The Morgan fingerprint density at radius 1 is 1.44 bits per heavy atom. The third-order valence-electron chi connectivity index (χ3n) is 1.79. The van der Waals surface area contributed by atoms with E-state index in [0.29, 0.717) is 16.5 Å². The number of ether oxygens (including phenoxy) is 1. The highest BCUT2D eigenvalue weighted by Crippen LogP contribution is 2.26. The van der Waals surface area contributed by atoms with E-state index >= 15 is 0 Å². The number of methoxy groups -OCH3 is 1. The average molecular weight is 234 g/mol. The molecule has 0 saturated heterocycles. The SMILES string of the molecule is COc1ccc(Cl)c(NC=C(C#N)C#N)c1. The summed E-state index contributed by atoms with van der Waals surface area (Å²) in [6.45, 7) is 0. The summed E-state index contributed by atoms with van der Waals surface area (Å²) in [5.74, 6) is 0.635. The second kappa shape index (κ2) is 5.65. The van der Waals surface area contributed by atoms with E-state index < -0.39 is 0 Å². The number of nitriles is 2. The van der Waals surface area contributed by atoms with E-state index in [9.17, 15) is 0 Å². The van der Waals surface area contributed by atoms with E-state index in [0.717, 1.165) is 0 Å². The zero-order valence-electron chi connectivity index (χ0n) is 8.49. The van der Waals surface area contributed by atoms with E-state index in [1.165, 1.54) is 6.20 Å². The van der Waals surface area contributed by atoms with Gasteiger partial charge in [-0.1, -0.05) is 11.6 Å². The molecule has 0 aliphatic heterocycles. The van der Waals surface area contributed by atoms with E-state index in [1.54, 1.807) is 37.4 Å². The van der Waals surface area contributed by atoms with Crippen LogP contribution in [0.25, 0.3) is 0 Å². The van der Waals surface area contributed by atoms with Crippen molar-refractivity contribution in [3.63, 3.8) is 0 Å². The number of hydrogen-bond donors (Lipinski definition) is 1. The molecule has 80 valence electrons. The van der Waals surface area contributed by atoms with Crippen LogP contribution in [0.5, 0.6) is 5.75 Å². The number of nitrogens with one attached hydrogen (secondary N) is 1. The molecule has 1 aromatic rings. The van der Waals surface area contributed by atoms with Gasteiger partial charge in [0, 0.05) is 12.3 Å². The summed E-state index contributed by atoms with van der Waals surface area (Å²) in [4.78, 5) is 0. The molecule has 0 aromatic heterocycles. The van der Waals surface area contributed by atoms with Gasteiger partial charge in [-0.2, -0.15) is 10.5 Å². The van der Waals surface area contributed by atoms with E-state index in [4.69, 9.17) is 26.9 Å². The quantitative estimate of drug-likeness (QED) is 0.815. The monoisotopic (exact) mass is 233 g/mol. The van der Waals surface area contributed by atoms with Crippen LogP contribution in [0.3, 0.4) is 0 Å². The molecule has 0 saturated carbocycles. The summed E-state index contributed by atoms with van der Waals surface area (Å²) in [6, 6.07) is 8.51. The number of nitrogens with zero attached hydrogens (tertiary/aromatic N) is 2. The van der Waals surface area contributed by atoms with Crippen LogP contribution in [-0.4, -0.2) is 7.11 Å². The Hall–Kier alpha value is -2.17. The van der Waals surface area contributed by atoms with Crippen molar-refractivity contribution < 1.29 is 4.74 Å². The van der Waals surface area contributed by atoms with Crippen molar-refractivity contribution in [2.45, 2.75) is 0 Å². The lowest BCUT2D eigenvalue weighted by atomic mass is 10.3. The van der Waals surface area contributed by atoms with Crippen LogP contribution in [0.1, 0.15) is 0 Å². The van der Waals surface area contributed by atoms with Gasteiger partial charge in [0.15, 0.2) is 0 Å². The second-order valence-corrected chi connectivity index (χ2v) is 3.18. The smallest absolute Gasteiger partial charge is 0.145 e. The van der Waals surface area contributed by atoms with Gasteiger partial charge in [0.25, 0.3) is 0 Å². The zero-order valence-corrected chi connectivity index (χ0v) is 9.25. The van der Waals surface area contributed by atoms with Gasteiger partial charge in [-0.05, 0) is 12.1 Å². The lowest BCUT2D eigenvalue weighted by Gasteiger charge is -2.06. The number of anilines is 1. The molecule has 16 heavy (non-hydrogen) atoms. The molecule has 0 bridgehead atoms. The van der Waals surface area contributed by atoms with Gasteiger partial charge >= 0.3 is 0 Å². The minimum Gasteiger partial charge on any atom is -0.497 e. The molecule has 0 fully saturated rings. The van der Waals surface area contributed by atoms with Crippen LogP contribution in [0.4, 0.5) is 5.69 Å². The second-order valence-electron chi connectivity index (χ2n) is 2.77. The normalized spacial score (nSPS) is 8.50.